The molecule has 0 spiro atoms. The van der Waals surface area contributed by atoms with Gasteiger partial charge in [-0.3, -0.25) is 4.79 Å². The largest absolute Gasteiger partial charge is 0.491 e. The summed E-state index contributed by atoms with van der Waals surface area (Å²) in [4.78, 5) is 13.1. The lowest BCUT2D eigenvalue weighted by molar-refractivity contribution is -0.131. The number of carbonyl (C=O) groups is 1. The van der Waals surface area contributed by atoms with Crippen LogP contribution in [0.15, 0.2) is 24.0 Å². The number of hydrogen-bond acceptors (Lipinski definition) is 4. The molecular weight excluding hydrogens is 330 g/mol. The molecule has 2 N–H and O–H groups in total. The summed E-state index contributed by atoms with van der Waals surface area (Å²) in [6.07, 6.45) is 12.4. The first kappa shape index (κ1) is 19.4. The molecule has 26 heavy (non-hydrogen) atoms. The molecule has 5 heteroatoms. The minimum absolute atomic E-state index is 0.0443. The van der Waals surface area contributed by atoms with Gasteiger partial charge in [-0.05, 0) is 55.4 Å². The summed E-state index contributed by atoms with van der Waals surface area (Å²) in [5.41, 5.74) is 1.23. The fourth-order valence-electron chi connectivity index (χ4n) is 4.93. The summed E-state index contributed by atoms with van der Waals surface area (Å²) in [5.74, 6) is 1.35. The molecule has 5 atom stereocenters. The Balaban J connectivity index is 1.54. The third kappa shape index (κ3) is 4.49. The number of ether oxygens (including phenoxy) is 1. The summed E-state index contributed by atoms with van der Waals surface area (Å²) in [6, 6.07) is 0. The summed E-state index contributed by atoms with van der Waals surface area (Å²) < 4.78 is 5.46. The highest BCUT2D eigenvalue weighted by Crippen LogP contribution is 2.50. The molecule has 0 aromatic carbocycles. The molecule has 3 aliphatic rings. The molecule has 3 fully saturated rings. The monoisotopic (exact) mass is 363 g/mol. The van der Waals surface area contributed by atoms with Crippen LogP contribution in [-0.2, 0) is 9.53 Å². The second-order valence-corrected chi connectivity index (χ2v) is 8.51. The molecule has 0 heterocycles. The van der Waals surface area contributed by atoms with Crippen molar-refractivity contribution < 1.29 is 19.7 Å². The lowest BCUT2D eigenvalue weighted by atomic mass is 9.89. The Hall–Kier alpha value is -1.33. The van der Waals surface area contributed by atoms with Gasteiger partial charge >= 0.3 is 0 Å². The molecular formula is C21H33NO4. The predicted molar refractivity (Wildman–Crippen MR) is 100 cm³/mol. The van der Waals surface area contributed by atoms with Gasteiger partial charge in [-0.2, -0.15) is 0 Å². The molecule has 3 rings (SSSR count). The molecule has 3 aliphatic carbocycles. The lowest BCUT2D eigenvalue weighted by Gasteiger charge is -2.19. The minimum atomic E-state index is -0.374. The molecule has 0 aliphatic heterocycles. The van der Waals surface area contributed by atoms with E-state index in [0.29, 0.717) is 17.8 Å². The molecule has 0 saturated heterocycles. The van der Waals surface area contributed by atoms with Gasteiger partial charge in [0, 0.05) is 20.0 Å². The van der Waals surface area contributed by atoms with Crippen LogP contribution in [0, 0.1) is 23.7 Å². The number of fused-ring (bicyclic) bond motifs is 1. The number of likely N-dealkylation sites (N-methyl/N-ethyl adjacent to an activating group) is 1. The van der Waals surface area contributed by atoms with Gasteiger partial charge in [0.15, 0.2) is 6.61 Å². The van der Waals surface area contributed by atoms with Crippen LogP contribution in [0.4, 0.5) is 0 Å². The van der Waals surface area contributed by atoms with Crippen molar-refractivity contribution in [2.24, 2.45) is 23.7 Å². The van der Waals surface area contributed by atoms with Crippen LogP contribution in [0.1, 0.15) is 44.9 Å². The van der Waals surface area contributed by atoms with Crippen molar-refractivity contribution >= 4 is 5.91 Å². The summed E-state index contributed by atoms with van der Waals surface area (Å²) >= 11 is 0. The first-order chi connectivity index (χ1) is 12.5. The van der Waals surface area contributed by atoms with E-state index >= 15 is 0 Å². The lowest BCUT2D eigenvalue weighted by Crippen LogP contribution is -2.25. The maximum Gasteiger partial charge on any atom is 0.259 e. The van der Waals surface area contributed by atoms with Crippen molar-refractivity contribution in [3.8, 4) is 0 Å². The molecule has 0 bridgehead atoms. The van der Waals surface area contributed by atoms with Gasteiger partial charge in [0.25, 0.3) is 5.91 Å². The van der Waals surface area contributed by atoms with Gasteiger partial charge in [0.05, 0.1) is 18.5 Å². The third-order valence-electron chi connectivity index (χ3n) is 6.48. The number of aliphatic hydroxyl groups is 2. The molecule has 0 aromatic rings. The maximum absolute atomic E-state index is 11.6. The average Bonchev–Trinajstić information content (AvgIpc) is 3.29. The standard InChI is InChI=1S/C21H33NO4/c1-22(2)21(25)13-26-12-14-9-16-11-20(24)17(18(16)10-14)7-8-19(23)15-5-3-4-6-15/h7-8,12,15-20,23-24H,3-6,9-11,13H2,1-2H3/b8-7+,14-12?/t16-,17+,18-,19-,20+/m0/s1. The second kappa shape index (κ2) is 8.57. The first-order valence-corrected chi connectivity index (χ1v) is 10.00. The van der Waals surface area contributed by atoms with Gasteiger partial charge in [0.1, 0.15) is 0 Å². The van der Waals surface area contributed by atoms with Gasteiger partial charge in [-0.15, -0.1) is 0 Å². The smallest absolute Gasteiger partial charge is 0.259 e. The molecule has 0 aromatic heterocycles. The predicted octanol–water partition coefficient (Wildman–Crippen LogP) is 2.49. The summed E-state index contributed by atoms with van der Waals surface area (Å²) in [6.45, 7) is 0.0748. The van der Waals surface area contributed by atoms with Crippen LogP contribution in [0.5, 0.6) is 0 Å². The van der Waals surface area contributed by atoms with Crippen molar-refractivity contribution in [1.82, 2.24) is 4.90 Å². The van der Waals surface area contributed by atoms with Crippen LogP contribution >= 0.6 is 0 Å². The Morgan fingerprint density at radius 1 is 1.31 bits per heavy atom. The number of nitrogens with zero attached hydrogens (tertiary/aromatic N) is 1. The van der Waals surface area contributed by atoms with Gasteiger partial charge in [0.2, 0.25) is 0 Å². The van der Waals surface area contributed by atoms with Crippen LogP contribution in [0.2, 0.25) is 0 Å². The van der Waals surface area contributed by atoms with Crippen molar-refractivity contribution in [1.29, 1.82) is 0 Å². The quantitative estimate of drug-likeness (QED) is 0.562. The Morgan fingerprint density at radius 2 is 2.04 bits per heavy atom. The Bertz CT molecular complexity index is 550. The summed E-state index contributed by atoms with van der Waals surface area (Å²) in [7, 11) is 3.44. The van der Waals surface area contributed by atoms with E-state index < -0.39 is 0 Å². The van der Waals surface area contributed by atoms with E-state index in [1.54, 1.807) is 20.4 Å². The highest BCUT2D eigenvalue weighted by atomic mass is 16.5. The van der Waals surface area contributed by atoms with Crippen molar-refractivity contribution in [2.45, 2.75) is 57.2 Å². The molecule has 146 valence electrons. The maximum atomic E-state index is 11.6. The fraction of sp³-hybridized carbons (Fsp3) is 0.762. The normalized spacial score (nSPS) is 34.5. The van der Waals surface area contributed by atoms with Crippen molar-refractivity contribution in [3.05, 3.63) is 24.0 Å². The Kier molecular flexibility index (Phi) is 6.41. The van der Waals surface area contributed by atoms with E-state index in [4.69, 9.17) is 4.74 Å². The number of rotatable bonds is 6. The van der Waals surface area contributed by atoms with E-state index in [9.17, 15) is 15.0 Å². The molecule has 0 radical (unpaired) electrons. The first-order valence-electron chi connectivity index (χ1n) is 10.00. The fourth-order valence-corrected chi connectivity index (χ4v) is 4.93. The van der Waals surface area contributed by atoms with E-state index in [1.807, 2.05) is 6.08 Å². The number of allylic oxidation sites excluding steroid dienone is 1. The van der Waals surface area contributed by atoms with Gasteiger partial charge < -0.3 is 19.8 Å². The Morgan fingerprint density at radius 3 is 2.73 bits per heavy atom. The topological polar surface area (TPSA) is 70.0 Å². The zero-order valence-corrected chi connectivity index (χ0v) is 16.0. The molecule has 3 saturated carbocycles. The van der Waals surface area contributed by atoms with E-state index in [-0.39, 0.29) is 30.6 Å². The van der Waals surface area contributed by atoms with Crippen LogP contribution < -0.4 is 0 Å². The third-order valence-corrected chi connectivity index (χ3v) is 6.48. The van der Waals surface area contributed by atoms with E-state index in [1.165, 1.54) is 23.3 Å². The average molecular weight is 363 g/mol. The summed E-state index contributed by atoms with van der Waals surface area (Å²) in [5, 5.41) is 20.8. The molecule has 5 nitrogen and oxygen atoms in total. The highest BCUT2D eigenvalue weighted by molar-refractivity contribution is 5.76. The number of hydrogen-bond donors (Lipinski definition) is 2. The number of carbonyl (C=O) groups excluding carboxylic acids is 1. The van der Waals surface area contributed by atoms with Gasteiger partial charge in [-0.25, -0.2) is 0 Å². The highest BCUT2D eigenvalue weighted by Gasteiger charge is 2.45. The van der Waals surface area contributed by atoms with Crippen LogP contribution in [0.25, 0.3) is 0 Å². The van der Waals surface area contributed by atoms with Gasteiger partial charge in [-0.1, -0.05) is 25.0 Å². The van der Waals surface area contributed by atoms with Crippen molar-refractivity contribution in [2.75, 3.05) is 20.7 Å². The zero-order valence-electron chi connectivity index (χ0n) is 16.0. The SMILES string of the molecule is CN(C)C(=O)COC=C1C[C@H]2C[C@@H](O)[C@H](/C=C/[C@H](O)C3CCCC3)[C@H]2C1. The van der Waals surface area contributed by atoms with Crippen LogP contribution in [0.3, 0.4) is 0 Å². The Labute approximate surface area is 156 Å². The zero-order chi connectivity index (χ0) is 18.7. The van der Waals surface area contributed by atoms with Crippen molar-refractivity contribution in [3.63, 3.8) is 0 Å². The minimum Gasteiger partial charge on any atom is -0.491 e. The number of aliphatic hydroxyl groups excluding tert-OH is 2. The number of amides is 1. The second-order valence-electron chi connectivity index (χ2n) is 8.51. The molecule has 1 amide bonds. The molecule has 0 unspecified atom stereocenters. The van der Waals surface area contributed by atoms with Crippen LogP contribution in [-0.4, -0.2) is 53.9 Å². The van der Waals surface area contributed by atoms with E-state index in [2.05, 4.69) is 6.08 Å². The van der Waals surface area contributed by atoms with E-state index in [0.717, 1.165) is 32.1 Å².